The third-order valence-corrected chi connectivity index (χ3v) is 6.44. The van der Waals surface area contributed by atoms with Crippen LogP contribution in [0.1, 0.15) is 41.7 Å². The van der Waals surface area contributed by atoms with Gasteiger partial charge in [0.1, 0.15) is 42.0 Å². The largest absolute Gasteiger partial charge is 0.494 e. The predicted molar refractivity (Wildman–Crippen MR) is 118 cm³/mol. The molecule has 174 valence electrons. The summed E-state index contributed by atoms with van der Waals surface area (Å²) in [5.41, 5.74) is 3.28. The van der Waals surface area contributed by atoms with Gasteiger partial charge in [-0.25, -0.2) is 0 Å². The molecule has 1 saturated heterocycles. The first-order valence-corrected chi connectivity index (χ1v) is 11.3. The molecule has 4 N–H and O–H groups in total. The maximum Gasteiger partial charge on any atom is 0.141 e. The van der Waals surface area contributed by atoms with E-state index in [-0.39, 0.29) is 0 Å². The number of halogens is 1. The molecule has 0 bridgehead atoms. The van der Waals surface area contributed by atoms with Crippen LogP contribution in [0.2, 0.25) is 5.02 Å². The molecule has 0 aromatic heterocycles. The number of aliphatic hydroxyl groups is 4. The van der Waals surface area contributed by atoms with E-state index in [1.54, 1.807) is 0 Å². The van der Waals surface area contributed by atoms with Crippen LogP contribution in [0.3, 0.4) is 0 Å². The zero-order chi connectivity index (χ0) is 22.8. The van der Waals surface area contributed by atoms with Crippen LogP contribution < -0.4 is 9.47 Å². The van der Waals surface area contributed by atoms with Crippen molar-refractivity contribution in [2.45, 2.75) is 56.7 Å². The maximum atomic E-state index is 10.7. The SMILES string of the molecule is CCCOc1ccc(Cc2cc(C3OC(CO)C(O)C(O)C3O)c3c(c2Cl)OCC3)cc1. The zero-order valence-electron chi connectivity index (χ0n) is 17.9. The second-order valence-corrected chi connectivity index (χ2v) is 8.64. The standard InChI is InChI=1S/C24H29ClO7/c1-2-8-30-15-5-3-13(4-6-15)10-14-11-17(16-7-9-31-23(16)19(14)25)24-22(29)21(28)20(27)18(12-26)32-24/h3-6,11,18,20-22,24,26-29H,2,7-10,12H2,1H3. The van der Waals surface area contributed by atoms with E-state index >= 15 is 0 Å². The molecule has 2 aromatic rings. The monoisotopic (exact) mass is 464 g/mol. The molecular formula is C24H29ClO7. The number of rotatable bonds is 7. The summed E-state index contributed by atoms with van der Waals surface area (Å²) >= 11 is 6.68. The number of fused-ring (bicyclic) bond motifs is 1. The van der Waals surface area contributed by atoms with Crippen LogP contribution >= 0.6 is 11.6 Å². The van der Waals surface area contributed by atoms with E-state index in [1.165, 1.54) is 0 Å². The lowest BCUT2D eigenvalue weighted by atomic mass is 9.87. The van der Waals surface area contributed by atoms with Crippen LogP contribution in [0.4, 0.5) is 0 Å². The van der Waals surface area contributed by atoms with Gasteiger partial charge in [0.15, 0.2) is 0 Å². The second-order valence-electron chi connectivity index (χ2n) is 8.26. The summed E-state index contributed by atoms with van der Waals surface area (Å²) in [4.78, 5) is 0. The van der Waals surface area contributed by atoms with Crippen LogP contribution in [0.25, 0.3) is 0 Å². The molecular weight excluding hydrogens is 436 g/mol. The number of aliphatic hydroxyl groups excluding tert-OH is 4. The van der Waals surface area contributed by atoms with Crippen molar-refractivity contribution in [1.29, 1.82) is 0 Å². The number of ether oxygens (including phenoxy) is 3. The quantitative estimate of drug-likeness (QED) is 0.497. The fourth-order valence-electron chi connectivity index (χ4n) is 4.30. The summed E-state index contributed by atoms with van der Waals surface area (Å²) in [5.74, 6) is 1.36. The van der Waals surface area contributed by atoms with Crippen molar-refractivity contribution in [1.82, 2.24) is 0 Å². The first-order valence-electron chi connectivity index (χ1n) is 10.9. The molecule has 32 heavy (non-hydrogen) atoms. The van der Waals surface area contributed by atoms with Crippen molar-refractivity contribution in [3.8, 4) is 11.5 Å². The smallest absolute Gasteiger partial charge is 0.141 e. The molecule has 7 nitrogen and oxygen atoms in total. The van der Waals surface area contributed by atoms with Crippen LogP contribution in [0, 0.1) is 0 Å². The molecule has 0 aliphatic carbocycles. The van der Waals surface area contributed by atoms with Crippen molar-refractivity contribution < 1.29 is 34.6 Å². The van der Waals surface area contributed by atoms with Crippen molar-refractivity contribution in [3.63, 3.8) is 0 Å². The van der Waals surface area contributed by atoms with Crippen LogP contribution in [-0.4, -0.2) is 64.7 Å². The Hall–Kier alpha value is -1.87. The van der Waals surface area contributed by atoms with Gasteiger partial charge in [-0.1, -0.05) is 36.7 Å². The predicted octanol–water partition coefficient (Wildman–Crippen LogP) is 2.17. The van der Waals surface area contributed by atoms with Gasteiger partial charge >= 0.3 is 0 Å². The van der Waals surface area contributed by atoms with Crippen molar-refractivity contribution >= 4 is 11.6 Å². The third-order valence-electron chi connectivity index (χ3n) is 6.02. The van der Waals surface area contributed by atoms with Crippen LogP contribution in [-0.2, 0) is 17.6 Å². The minimum Gasteiger partial charge on any atom is -0.494 e. The minimum atomic E-state index is -1.45. The molecule has 0 spiro atoms. The molecule has 5 unspecified atom stereocenters. The van der Waals surface area contributed by atoms with E-state index in [1.807, 2.05) is 30.3 Å². The Balaban J connectivity index is 1.66. The Morgan fingerprint density at radius 3 is 2.53 bits per heavy atom. The summed E-state index contributed by atoms with van der Waals surface area (Å²) in [6.45, 7) is 2.69. The van der Waals surface area contributed by atoms with Crippen molar-refractivity contribution in [3.05, 3.63) is 57.6 Å². The Bertz CT molecular complexity index is 931. The highest BCUT2D eigenvalue weighted by molar-refractivity contribution is 6.33. The molecule has 0 radical (unpaired) electrons. The van der Waals surface area contributed by atoms with Gasteiger partial charge in [-0.3, -0.25) is 0 Å². The maximum absolute atomic E-state index is 10.7. The molecule has 2 heterocycles. The van der Waals surface area contributed by atoms with Crippen molar-refractivity contribution in [2.75, 3.05) is 19.8 Å². The van der Waals surface area contributed by atoms with E-state index in [9.17, 15) is 20.4 Å². The Morgan fingerprint density at radius 2 is 1.84 bits per heavy atom. The minimum absolute atomic E-state index is 0.451. The zero-order valence-corrected chi connectivity index (χ0v) is 18.7. The van der Waals surface area contributed by atoms with Gasteiger partial charge in [0.2, 0.25) is 0 Å². The van der Waals surface area contributed by atoms with Gasteiger partial charge in [0.05, 0.1) is 24.8 Å². The number of hydrogen-bond acceptors (Lipinski definition) is 7. The van der Waals surface area contributed by atoms with Crippen molar-refractivity contribution in [2.24, 2.45) is 0 Å². The molecule has 0 amide bonds. The van der Waals surface area contributed by atoms with Gasteiger partial charge in [-0.05, 0) is 41.7 Å². The first-order chi connectivity index (χ1) is 15.4. The van der Waals surface area contributed by atoms with Crippen LogP contribution in [0.15, 0.2) is 30.3 Å². The Morgan fingerprint density at radius 1 is 1.09 bits per heavy atom. The molecule has 1 fully saturated rings. The second kappa shape index (κ2) is 9.95. The lowest BCUT2D eigenvalue weighted by Crippen LogP contribution is -2.55. The van der Waals surface area contributed by atoms with Gasteiger partial charge in [-0.15, -0.1) is 0 Å². The van der Waals surface area contributed by atoms with Crippen LogP contribution in [0.5, 0.6) is 11.5 Å². The lowest BCUT2D eigenvalue weighted by molar-refractivity contribution is -0.231. The normalized spacial score (nSPS) is 27.1. The highest BCUT2D eigenvalue weighted by atomic mass is 35.5. The Kier molecular flexibility index (Phi) is 7.24. The van der Waals surface area contributed by atoms with Gasteiger partial charge in [0.25, 0.3) is 0 Å². The summed E-state index contributed by atoms with van der Waals surface area (Å²) < 4.78 is 17.2. The van der Waals surface area contributed by atoms with E-state index < -0.39 is 37.1 Å². The first kappa shape index (κ1) is 23.3. The van der Waals surface area contributed by atoms with E-state index in [0.29, 0.717) is 42.4 Å². The molecule has 5 atom stereocenters. The summed E-state index contributed by atoms with van der Waals surface area (Å²) in [7, 11) is 0. The molecule has 2 aliphatic heterocycles. The summed E-state index contributed by atoms with van der Waals surface area (Å²) in [6.07, 6.45) is -4.08. The summed E-state index contributed by atoms with van der Waals surface area (Å²) in [6, 6.07) is 9.65. The fraction of sp³-hybridized carbons (Fsp3) is 0.500. The highest BCUT2D eigenvalue weighted by Gasteiger charge is 2.45. The summed E-state index contributed by atoms with van der Waals surface area (Å²) in [5, 5.41) is 41.1. The van der Waals surface area contributed by atoms with E-state index in [4.69, 9.17) is 25.8 Å². The lowest BCUT2D eigenvalue weighted by Gasteiger charge is -2.40. The average molecular weight is 465 g/mol. The number of hydrogen-bond donors (Lipinski definition) is 4. The van der Waals surface area contributed by atoms with E-state index in [2.05, 4.69) is 6.92 Å². The molecule has 4 rings (SSSR count). The van der Waals surface area contributed by atoms with Gasteiger partial charge in [0, 0.05) is 12.0 Å². The molecule has 2 aromatic carbocycles. The molecule has 2 aliphatic rings. The van der Waals surface area contributed by atoms with Gasteiger partial charge in [-0.2, -0.15) is 0 Å². The van der Waals surface area contributed by atoms with E-state index in [0.717, 1.165) is 28.9 Å². The fourth-order valence-corrected chi connectivity index (χ4v) is 4.59. The van der Waals surface area contributed by atoms with Gasteiger partial charge < -0.3 is 34.6 Å². The molecule has 8 heteroatoms. The number of benzene rings is 2. The third kappa shape index (κ3) is 4.46. The molecule has 0 saturated carbocycles. The topological polar surface area (TPSA) is 109 Å². The highest BCUT2D eigenvalue weighted by Crippen LogP contribution is 2.44. The average Bonchev–Trinajstić information content (AvgIpc) is 3.30. The Labute approximate surface area is 192 Å².